The van der Waals surface area contributed by atoms with Gasteiger partial charge in [-0.05, 0) is 37.2 Å². The molecule has 0 aliphatic heterocycles. The lowest BCUT2D eigenvalue weighted by Crippen LogP contribution is -2.16. The molecule has 1 N–H and O–H groups in total. The van der Waals surface area contributed by atoms with Crippen LogP contribution >= 0.6 is 0 Å². The van der Waals surface area contributed by atoms with Crippen LogP contribution in [0.15, 0.2) is 65.3 Å². The average molecular weight is 281 g/mol. The quantitative estimate of drug-likeness (QED) is 0.736. The topological polar surface area (TPSA) is 34.4 Å². The summed E-state index contributed by atoms with van der Waals surface area (Å²) in [7, 11) is 1.94. The molecule has 1 aromatic heterocycles. The summed E-state index contributed by atoms with van der Waals surface area (Å²) >= 11 is 0. The minimum atomic E-state index is -0.0849. The summed E-state index contributed by atoms with van der Waals surface area (Å²) in [4.78, 5) is 0. The zero-order valence-electron chi connectivity index (χ0n) is 12.1. The van der Waals surface area contributed by atoms with E-state index in [4.69, 9.17) is 9.15 Å². The third-order valence-electron chi connectivity index (χ3n) is 3.54. The molecule has 108 valence electrons. The van der Waals surface area contributed by atoms with Gasteiger partial charge in [0.25, 0.3) is 0 Å². The summed E-state index contributed by atoms with van der Waals surface area (Å²) < 4.78 is 11.8. The molecule has 3 nitrogen and oxygen atoms in total. The van der Waals surface area contributed by atoms with Crippen molar-refractivity contribution in [3.63, 3.8) is 0 Å². The van der Waals surface area contributed by atoms with Crippen molar-refractivity contribution < 1.29 is 9.15 Å². The number of nitrogens with one attached hydrogen (secondary N) is 1. The maximum absolute atomic E-state index is 6.24. The van der Waals surface area contributed by atoms with Crippen LogP contribution in [0.4, 0.5) is 0 Å². The fraction of sp³-hybridized carbons (Fsp3) is 0.222. The van der Waals surface area contributed by atoms with Crippen LogP contribution < -0.4 is 10.1 Å². The van der Waals surface area contributed by atoms with Gasteiger partial charge in [0, 0.05) is 11.8 Å². The minimum absolute atomic E-state index is 0.0849. The first-order valence-electron chi connectivity index (χ1n) is 7.21. The van der Waals surface area contributed by atoms with Crippen molar-refractivity contribution in [1.82, 2.24) is 5.32 Å². The van der Waals surface area contributed by atoms with Gasteiger partial charge in [0.05, 0.1) is 6.26 Å². The van der Waals surface area contributed by atoms with Crippen LogP contribution in [-0.4, -0.2) is 13.6 Å². The number of rotatable bonds is 6. The number of fused-ring (bicyclic) bond motifs is 1. The lowest BCUT2D eigenvalue weighted by Gasteiger charge is -2.18. The van der Waals surface area contributed by atoms with E-state index in [0.717, 1.165) is 29.9 Å². The second-order valence-electron chi connectivity index (χ2n) is 4.99. The van der Waals surface area contributed by atoms with Crippen molar-refractivity contribution in [2.45, 2.75) is 12.5 Å². The molecule has 0 saturated carbocycles. The third kappa shape index (κ3) is 3.09. The summed E-state index contributed by atoms with van der Waals surface area (Å²) in [5.41, 5.74) is 0. The summed E-state index contributed by atoms with van der Waals surface area (Å²) in [5, 5.41) is 5.47. The monoisotopic (exact) mass is 281 g/mol. The van der Waals surface area contributed by atoms with Gasteiger partial charge in [-0.2, -0.15) is 0 Å². The van der Waals surface area contributed by atoms with E-state index < -0.39 is 0 Å². The van der Waals surface area contributed by atoms with Crippen molar-refractivity contribution in [3.8, 4) is 5.75 Å². The summed E-state index contributed by atoms with van der Waals surface area (Å²) in [5.74, 6) is 1.75. The Hall–Kier alpha value is -2.26. The number of benzene rings is 2. The van der Waals surface area contributed by atoms with Gasteiger partial charge in [0.2, 0.25) is 0 Å². The second kappa shape index (κ2) is 6.46. The highest BCUT2D eigenvalue weighted by Crippen LogP contribution is 2.31. The lowest BCUT2D eigenvalue weighted by molar-refractivity contribution is 0.168. The van der Waals surface area contributed by atoms with E-state index in [9.17, 15) is 0 Å². The highest BCUT2D eigenvalue weighted by atomic mass is 16.5. The van der Waals surface area contributed by atoms with Crippen LogP contribution in [0, 0.1) is 0 Å². The Labute approximate surface area is 124 Å². The van der Waals surface area contributed by atoms with Gasteiger partial charge >= 0.3 is 0 Å². The van der Waals surface area contributed by atoms with E-state index in [0.29, 0.717) is 0 Å². The molecule has 0 aliphatic carbocycles. The van der Waals surface area contributed by atoms with Crippen molar-refractivity contribution in [2.24, 2.45) is 0 Å². The first-order chi connectivity index (χ1) is 10.4. The Morgan fingerprint density at radius 2 is 1.90 bits per heavy atom. The van der Waals surface area contributed by atoms with E-state index in [2.05, 4.69) is 23.5 Å². The number of hydrogen-bond acceptors (Lipinski definition) is 3. The molecule has 3 aromatic rings. The molecule has 0 bridgehead atoms. The van der Waals surface area contributed by atoms with Crippen LogP contribution in [0.25, 0.3) is 10.8 Å². The molecule has 0 radical (unpaired) electrons. The maximum atomic E-state index is 6.24. The second-order valence-corrected chi connectivity index (χ2v) is 4.99. The molecule has 1 heterocycles. The molecule has 3 heteroatoms. The van der Waals surface area contributed by atoms with Crippen molar-refractivity contribution in [1.29, 1.82) is 0 Å². The SMILES string of the molecule is CNCCC(Oc1cccc2ccccc12)c1ccco1. The van der Waals surface area contributed by atoms with Gasteiger partial charge in [-0.15, -0.1) is 0 Å². The number of hydrogen-bond donors (Lipinski definition) is 1. The first kappa shape index (κ1) is 13.7. The highest BCUT2D eigenvalue weighted by molar-refractivity contribution is 5.88. The number of furan rings is 1. The van der Waals surface area contributed by atoms with Gasteiger partial charge in [-0.25, -0.2) is 0 Å². The smallest absolute Gasteiger partial charge is 0.157 e. The van der Waals surface area contributed by atoms with Crippen LogP contribution in [-0.2, 0) is 0 Å². The van der Waals surface area contributed by atoms with Gasteiger partial charge in [0.15, 0.2) is 6.10 Å². The van der Waals surface area contributed by atoms with Crippen molar-refractivity contribution in [2.75, 3.05) is 13.6 Å². The molecule has 2 aromatic carbocycles. The Morgan fingerprint density at radius 1 is 1.05 bits per heavy atom. The minimum Gasteiger partial charge on any atom is -0.482 e. The van der Waals surface area contributed by atoms with E-state index >= 15 is 0 Å². The standard InChI is InChI=1S/C18H19NO2/c1-19-12-11-18(17-10-5-13-20-17)21-16-9-4-7-14-6-2-3-8-15(14)16/h2-10,13,18-19H,11-12H2,1H3. The summed E-state index contributed by atoms with van der Waals surface area (Å²) in [6.07, 6.45) is 2.46. The van der Waals surface area contributed by atoms with Crippen LogP contribution in [0.3, 0.4) is 0 Å². The molecule has 0 amide bonds. The fourth-order valence-corrected chi connectivity index (χ4v) is 2.46. The Morgan fingerprint density at radius 3 is 2.71 bits per heavy atom. The number of ether oxygens (including phenoxy) is 1. The zero-order chi connectivity index (χ0) is 14.5. The highest BCUT2D eigenvalue weighted by Gasteiger charge is 2.17. The molecular formula is C18H19NO2. The van der Waals surface area contributed by atoms with Crippen LogP contribution in [0.2, 0.25) is 0 Å². The van der Waals surface area contributed by atoms with Gasteiger partial charge in [0.1, 0.15) is 11.5 Å². The average Bonchev–Trinajstić information content (AvgIpc) is 3.06. The molecule has 0 spiro atoms. The molecular weight excluding hydrogens is 262 g/mol. The third-order valence-corrected chi connectivity index (χ3v) is 3.54. The Balaban J connectivity index is 1.90. The first-order valence-corrected chi connectivity index (χ1v) is 7.21. The molecule has 0 saturated heterocycles. The molecule has 0 aliphatic rings. The van der Waals surface area contributed by atoms with E-state index in [-0.39, 0.29) is 6.10 Å². The normalized spacial score (nSPS) is 12.4. The van der Waals surface area contributed by atoms with Gasteiger partial charge < -0.3 is 14.5 Å². The molecule has 1 atom stereocenters. The molecule has 1 unspecified atom stereocenters. The predicted octanol–water partition coefficient (Wildman–Crippen LogP) is 4.16. The van der Waals surface area contributed by atoms with Gasteiger partial charge in [-0.3, -0.25) is 0 Å². The van der Waals surface area contributed by atoms with E-state index in [1.54, 1.807) is 6.26 Å². The summed E-state index contributed by atoms with van der Waals surface area (Å²) in [6, 6.07) is 18.2. The van der Waals surface area contributed by atoms with Crippen molar-refractivity contribution in [3.05, 3.63) is 66.6 Å². The van der Waals surface area contributed by atoms with E-state index in [1.807, 2.05) is 43.4 Å². The molecule has 3 rings (SSSR count). The molecule has 21 heavy (non-hydrogen) atoms. The Bertz CT molecular complexity index is 686. The largest absolute Gasteiger partial charge is 0.482 e. The fourth-order valence-electron chi connectivity index (χ4n) is 2.46. The van der Waals surface area contributed by atoms with Crippen LogP contribution in [0.1, 0.15) is 18.3 Å². The van der Waals surface area contributed by atoms with E-state index in [1.165, 1.54) is 5.39 Å². The predicted molar refractivity (Wildman–Crippen MR) is 84.6 cm³/mol. The lowest BCUT2D eigenvalue weighted by atomic mass is 10.1. The van der Waals surface area contributed by atoms with Gasteiger partial charge in [-0.1, -0.05) is 36.4 Å². The van der Waals surface area contributed by atoms with Crippen LogP contribution in [0.5, 0.6) is 5.75 Å². The zero-order valence-corrected chi connectivity index (χ0v) is 12.1. The molecule has 0 fully saturated rings. The maximum Gasteiger partial charge on any atom is 0.157 e. The Kier molecular flexibility index (Phi) is 4.22. The summed E-state index contributed by atoms with van der Waals surface area (Å²) in [6.45, 7) is 0.871. The van der Waals surface area contributed by atoms with Crippen molar-refractivity contribution >= 4 is 10.8 Å².